The topological polar surface area (TPSA) is 58.2 Å². The zero-order valence-electron chi connectivity index (χ0n) is 11.4. The molecule has 0 aliphatic heterocycles. The third kappa shape index (κ3) is 4.09. The van der Waals surface area contributed by atoms with Gasteiger partial charge in [0.1, 0.15) is 0 Å². The average Bonchev–Trinajstić information content (AvgIpc) is 3.23. The van der Waals surface area contributed by atoms with Crippen molar-refractivity contribution in [1.82, 2.24) is 5.32 Å². The van der Waals surface area contributed by atoms with E-state index in [0.717, 1.165) is 12.8 Å². The van der Waals surface area contributed by atoms with Crippen molar-refractivity contribution in [2.75, 3.05) is 5.32 Å². The molecule has 1 saturated carbocycles. The standard InChI is InChI=1S/C16H18N2O2/c1-2-3-4-9-15(19)18-14-8-6-5-7-13(14)16(20)17-12-10-11-12/h2-9,12H,10-11H2,1H3,(H,17,20)(H,18,19). The van der Waals surface area contributed by atoms with Crippen molar-refractivity contribution in [3.63, 3.8) is 0 Å². The van der Waals surface area contributed by atoms with E-state index in [1.807, 2.05) is 13.0 Å². The van der Waals surface area contributed by atoms with Gasteiger partial charge >= 0.3 is 0 Å². The summed E-state index contributed by atoms with van der Waals surface area (Å²) in [5.74, 6) is -0.393. The second-order valence-electron chi connectivity index (χ2n) is 4.67. The lowest BCUT2D eigenvalue weighted by atomic mass is 10.1. The average molecular weight is 270 g/mol. The molecular formula is C16H18N2O2. The molecule has 0 radical (unpaired) electrons. The van der Waals surface area contributed by atoms with Crippen LogP contribution >= 0.6 is 0 Å². The van der Waals surface area contributed by atoms with Crippen LogP contribution in [-0.2, 0) is 4.79 Å². The number of hydrogen-bond donors (Lipinski definition) is 2. The second kappa shape index (κ2) is 6.70. The Morgan fingerprint density at radius 1 is 1.20 bits per heavy atom. The predicted molar refractivity (Wildman–Crippen MR) is 79.5 cm³/mol. The van der Waals surface area contributed by atoms with Gasteiger partial charge in [0.25, 0.3) is 5.91 Å². The fraction of sp³-hybridized carbons (Fsp3) is 0.250. The highest BCUT2D eigenvalue weighted by atomic mass is 16.2. The molecule has 1 aliphatic carbocycles. The molecule has 0 bridgehead atoms. The first-order valence-corrected chi connectivity index (χ1v) is 6.71. The van der Waals surface area contributed by atoms with E-state index in [2.05, 4.69) is 10.6 Å². The van der Waals surface area contributed by atoms with Gasteiger partial charge in [0.05, 0.1) is 11.3 Å². The predicted octanol–water partition coefficient (Wildman–Crippen LogP) is 2.65. The number of allylic oxidation sites excluding steroid dienone is 3. The van der Waals surface area contributed by atoms with Crippen LogP contribution in [0.15, 0.2) is 48.6 Å². The molecule has 0 atom stereocenters. The number of amides is 2. The van der Waals surface area contributed by atoms with Crippen molar-refractivity contribution in [2.45, 2.75) is 25.8 Å². The van der Waals surface area contributed by atoms with Crippen LogP contribution in [0, 0.1) is 0 Å². The van der Waals surface area contributed by atoms with Crippen molar-refractivity contribution in [3.05, 3.63) is 54.1 Å². The Hall–Kier alpha value is -2.36. The summed E-state index contributed by atoms with van der Waals surface area (Å²) in [6.45, 7) is 1.87. The monoisotopic (exact) mass is 270 g/mol. The summed E-state index contributed by atoms with van der Waals surface area (Å²) in [5.41, 5.74) is 1.02. The second-order valence-corrected chi connectivity index (χ2v) is 4.67. The summed E-state index contributed by atoms with van der Waals surface area (Å²) in [7, 11) is 0. The van der Waals surface area contributed by atoms with Crippen LogP contribution in [0.4, 0.5) is 5.69 Å². The highest BCUT2D eigenvalue weighted by molar-refractivity contribution is 6.06. The third-order valence-electron chi connectivity index (χ3n) is 2.89. The van der Waals surface area contributed by atoms with Gasteiger partial charge in [-0.05, 0) is 31.9 Å². The molecule has 1 aliphatic rings. The molecule has 4 nitrogen and oxygen atoms in total. The molecule has 1 aromatic carbocycles. The van der Waals surface area contributed by atoms with Gasteiger partial charge in [-0.2, -0.15) is 0 Å². The summed E-state index contributed by atoms with van der Waals surface area (Å²) >= 11 is 0. The van der Waals surface area contributed by atoms with E-state index in [0.29, 0.717) is 17.3 Å². The van der Waals surface area contributed by atoms with Gasteiger partial charge < -0.3 is 10.6 Å². The van der Waals surface area contributed by atoms with Crippen LogP contribution in [0.1, 0.15) is 30.1 Å². The lowest BCUT2D eigenvalue weighted by molar-refractivity contribution is -0.111. The normalized spacial score (nSPS) is 14.7. The largest absolute Gasteiger partial charge is 0.349 e. The van der Waals surface area contributed by atoms with E-state index in [1.54, 1.807) is 36.4 Å². The van der Waals surface area contributed by atoms with Gasteiger partial charge in [0, 0.05) is 12.1 Å². The molecule has 1 aromatic rings. The van der Waals surface area contributed by atoms with Crippen LogP contribution in [-0.4, -0.2) is 17.9 Å². The van der Waals surface area contributed by atoms with E-state index in [-0.39, 0.29) is 11.8 Å². The smallest absolute Gasteiger partial charge is 0.253 e. The fourth-order valence-corrected chi connectivity index (χ4v) is 1.71. The first-order chi connectivity index (χ1) is 9.70. The van der Waals surface area contributed by atoms with Crippen LogP contribution in [0.2, 0.25) is 0 Å². The van der Waals surface area contributed by atoms with E-state index in [4.69, 9.17) is 0 Å². The molecule has 0 saturated heterocycles. The first kappa shape index (κ1) is 14.1. The van der Waals surface area contributed by atoms with Gasteiger partial charge in [0.15, 0.2) is 0 Å². The molecule has 2 N–H and O–H groups in total. The number of para-hydroxylation sites is 1. The third-order valence-corrected chi connectivity index (χ3v) is 2.89. The van der Waals surface area contributed by atoms with Gasteiger partial charge in [-0.3, -0.25) is 9.59 Å². The lowest BCUT2D eigenvalue weighted by Crippen LogP contribution is -2.26. The van der Waals surface area contributed by atoms with E-state index < -0.39 is 0 Å². The molecule has 20 heavy (non-hydrogen) atoms. The van der Waals surface area contributed by atoms with E-state index >= 15 is 0 Å². The molecule has 4 heteroatoms. The Labute approximate surface area is 118 Å². The Morgan fingerprint density at radius 2 is 1.95 bits per heavy atom. The Bertz CT molecular complexity index is 557. The summed E-state index contributed by atoms with van der Waals surface area (Å²) in [6, 6.07) is 7.30. The highest BCUT2D eigenvalue weighted by Gasteiger charge is 2.24. The molecule has 2 amide bonds. The van der Waals surface area contributed by atoms with E-state index in [9.17, 15) is 9.59 Å². The minimum Gasteiger partial charge on any atom is -0.349 e. The summed E-state index contributed by atoms with van der Waals surface area (Å²) in [6.07, 6.45) is 8.75. The Balaban J connectivity index is 2.06. The summed E-state index contributed by atoms with van der Waals surface area (Å²) < 4.78 is 0. The number of anilines is 1. The Kier molecular flexibility index (Phi) is 4.71. The minimum absolute atomic E-state index is 0.138. The fourth-order valence-electron chi connectivity index (χ4n) is 1.71. The molecule has 0 spiro atoms. The maximum atomic E-state index is 12.1. The Morgan fingerprint density at radius 3 is 2.65 bits per heavy atom. The van der Waals surface area contributed by atoms with Crippen LogP contribution in [0.25, 0.3) is 0 Å². The zero-order valence-corrected chi connectivity index (χ0v) is 11.4. The van der Waals surface area contributed by atoms with Gasteiger partial charge in [-0.15, -0.1) is 0 Å². The minimum atomic E-state index is -0.255. The first-order valence-electron chi connectivity index (χ1n) is 6.71. The SMILES string of the molecule is CC=CC=CC(=O)Nc1ccccc1C(=O)NC1CC1. The maximum absolute atomic E-state index is 12.1. The molecule has 1 fully saturated rings. The summed E-state index contributed by atoms with van der Waals surface area (Å²) in [4.78, 5) is 23.8. The molecule has 0 unspecified atom stereocenters. The van der Waals surface area contributed by atoms with E-state index in [1.165, 1.54) is 6.08 Å². The van der Waals surface area contributed by atoms with Crippen molar-refractivity contribution in [3.8, 4) is 0 Å². The molecule has 0 heterocycles. The zero-order chi connectivity index (χ0) is 14.4. The number of rotatable bonds is 5. The molecule has 0 aromatic heterocycles. The number of nitrogens with one attached hydrogen (secondary N) is 2. The van der Waals surface area contributed by atoms with Gasteiger partial charge in [0.2, 0.25) is 5.91 Å². The van der Waals surface area contributed by atoms with Crippen LogP contribution in [0.5, 0.6) is 0 Å². The van der Waals surface area contributed by atoms with Gasteiger partial charge in [-0.1, -0.05) is 30.4 Å². The number of hydrogen-bond acceptors (Lipinski definition) is 2. The number of carbonyl (C=O) groups excluding carboxylic acids is 2. The van der Waals surface area contributed by atoms with Crippen molar-refractivity contribution >= 4 is 17.5 Å². The molecule has 104 valence electrons. The quantitative estimate of drug-likeness (QED) is 0.638. The molecule has 2 rings (SSSR count). The highest BCUT2D eigenvalue weighted by Crippen LogP contribution is 2.21. The van der Waals surface area contributed by atoms with Crippen molar-refractivity contribution < 1.29 is 9.59 Å². The summed E-state index contributed by atoms with van der Waals surface area (Å²) in [5, 5.41) is 5.64. The number of benzene rings is 1. The number of carbonyl (C=O) groups is 2. The van der Waals surface area contributed by atoms with Crippen LogP contribution < -0.4 is 10.6 Å². The van der Waals surface area contributed by atoms with Gasteiger partial charge in [-0.25, -0.2) is 0 Å². The lowest BCUT2D eigenvalue weighted by Gasteiger charge is -2.09. The van der Waals surface area contributed by atoms with Crippen LogP contribution in [0.3, 0.4) is 0 Å². The van der Waals surface area contributed by atoms with Crippen molar-refractivity contribution in [1.29, 1.82) is 0 Å². The maximum Gasteiger partial charge on any atom is 0.253 e. The molecular weight excluding hydrogens is 252 g/mol. The van der Waals surface area contributed by atoms with Crippen molar-refractivity contribution in [2.24, 2.45) is 0 Å².